The van der Waals surface area contributed by atoms with Crippen molar-refractivity contribution < 1.29 is 9.53 Å². The highest BCUT2D eigenvalue weighted by Gasteiger charge is 2.52. The van der Waals surface area contributed by atoms with E-state index in [1.165, 1.54) is 5.57 Å². The van der Waals surface area contributed by atoms with E-state index in [1.54, 1.807) is 21.7 Å². The maximum absolute atomic E-state index is 12.0. The van der Waals surface area contributed by atoms with Crippen LogP contribution in [0, 0.1) is 5.41 Å². The first-order chi connectivity index (χ1) is 10.7. The van der Waals surface area contributed by atoms with Gasteiger partial charge in [0.05, 0.1) is 0 Å². The smallest absolute Gasteiger partial charge is 0.410 e. The monoisotopic (exact) mass is 380 g/mol. The Bertz CT molecular complexity index is 714. The van der Waals surface area contributed by atoms with Gasteiger partial charge in [-0.25, -0.2) is 4.79 Å². The summed E-state index contributed by atoms with van der Waals surface area (Å²) in [6.45, 7) is 7.12. The molecule has 6 heteroatoms. The van der Waals surface area contributed by atoms with Crippen molar-refractivity contribution in [1.82, 2.24) is 9.47 Å². The van der Waals surface area contributed by atoms with Gasteiger partial charge in [-0.2, -0.15) is 0 Å². The second kappa shape index (κ2) is 5.51. The van der Waals surface area contributed by atoms with Crippen LogP contribution in [0.1, 0.15) is 33.6 Å². The molecule has 5 nitrogen and oxygen atoms in total. The number of nitrogens with zero attached hydrogens (tertiary/aromatic N) is 2. The third-order valence-electron chi connectivity index (χ3n) is 4.14. The highest BCUT2D eigenvalue weighted by atomic mass is 79.9. The summed E-state index contributed by atoms with van der Waals surface area (Å²) >= 11 is 3.29. The van der Waals surface area contributed by atoms with Gasteiger partial charge in [-0.15, -0.1) is 0 Å². The number of rotatable bonds is 1. The van der Waals surface area contributed by atoms with Gasteiger partial charge in [-0.3, -0.25) is 9.36 Å². The molecule has 3 rings (SSSR count). The predicted molar refractivity (Wildman–Crippen MR) is 92.1 cm³/mol. The molecule has 124 valence electrons. The van der Waals surface area contributed by atoms with Gasteiger partial charge in [-0.05, 0) is 39.7 Å². The molecule has 0 radical (unpaired) electrons. The zero-order chi connectivity index (χ0) is 16.8. The van der Waals surface area contributed by atoms with Crippen molar-refractivity contribution in [3.05, 3.63) is 38.7 Å². The Hall–Kier alpha value is -1.56. The van der Waals surface area contributed by atoms with Crippen LogP contribution in [-0.2, 0) is 4.74 Å². The molecule has 0 unspecified atom stereocenters. The topological polar surface area (TPSA) is 51.5 Å². The van der Waals surface area contributed by atoms with E-state index in [1.807, 2.05) is 33.0 Å². The fraction of sp³-hybridized carbons (Fsp3) is 0.529. The molecule has 2 aliphatic rings. The number of carbonyl (C=O) groups is 1. The minimum absolute atomic E-state index is 0.0446. The molecule has 0 aromatic carbocycles. The molecular formula is C17H21BrN2O3. The van der Waals surface area contributed by atoms with Crippen LogP contribution in [0.4, 0.5) is 4.79 Å². The Morgan fingerprint density at radius 1 is 1.35 bits per heavy atom. The van der Waals surface area contributed by atoms with Crippen LogP contribution in [0.2, 0.25) is 0 Å². The van der Waals surface area contributed by atoms with Crippen LogP contribution in [0.5, 0.6) is 0 Å². The standard InChI is InChI=1S/C17H21BrN2O3/c1-16(2,3)23-15(22)20-10-17(11-20)7-12(8-17)9-19-5-4-13(18)6-14(19)21/h4-6,9H,7-8,10-11H2,1-3H3. The molecule has 2 heterocycles. The van der Waals surface area contributed by atoms with Crippen molar-refractivity contribution in [2.75, 3.05) is 13.1 Å². The Balaban J connectivity index is 1.55. The van der Waals surface area contributed by atoms with E-state index >= 15 is 0 Å². The minimum Gasteiger partial charge on any atom is -0.444 e. The molecule has 23 heavy (non-hydrogen) atoms. The van der Waals surface area contributed by atoms with Gasteiger partial charge in [0.2, 0.25) is 0 Å². The normalized spacial score (nSPS) is 19.1. The number of ether oxygens (including phenoxy) is 1. The van der Waals surface area contributed by atoms with E-state index in [2.05, 4.69) is 15.9 Å². The van der Waals surface area contributed by atoms with Crippen molar-refractivity contribution in [2.45, 2.75) is 39.2 Å². The second-order valence-electron chi connectivity index (χ2n) is 7.57. The van der Waals surface area contributed by atoms with Crippen LogP contribution in [0.15, 0.2) is 33.2 Å². The molecule has 2 fully saturated rings. The number of hydrogen-bond donors (Lipinski definition) is 0. The molecular weight excluding hydrogens is 360 g/mol. The summed E-state index contributed by atoms with van der Waals surface area (Å²) < 4.78 is 7.77. The first-order valence-electron chi connectivity index (χ1n) is 7.71. The molecule has 1 aromatic heterocycles. The van der Waals surface area contributed by atoms with Crippen molar-refractivity contribution in [2.24, 2.45) is 5.41 Å². The van der Waals surface area contributed by atoms with Gasteiger partial charge in [0.1, 0.15) is 5.60 Å². The maximum atomic E-state index is 12.0. The molecule has 0 bridgehead atoms. The molecule has 0 atom stereocenters. The third-order valence-corrected chi connectivity index (χ3v) is 4.63. The summed E-state index contributed by atoms with van der Waals surface area (Å²) in [5.41, 5.74) is 0.949. The zero-order valence-corrected chi connectivity index (χ0v) is 15.2. The van der Waals surface area contributed by atoms with Crippen LogP contribution < -0.4 is 5.56 Å². The Kier molecular flexibility index (Phi) is 3.91. The number of hydrogen-bond acceptors (Lipinski definition) is 3. The number of likely N-dealkylation sites (tertiary alicyclic amines) is 1. The second-order valence-corrected chi connectivity index (χ2v) is 8.48. The number of halogens is 1. The van der Waals surface area contributed by atoms with Crippen LogP contribution in [-0.4, -0.2) is 34.3 Å². The van der Waals surface area contributed by atoms with Gasteiger partial charge in [0.15, 0.2) is 0 Å². The fourth-order valence-corrected chi connectivity index (χ4v) is 3.53. The summed E-state index contributed by atoms with van der Waals surface area (Å²) in [6, 6.07) is 3.40. The van der Waals surface area contributed by atoms with Gasteiger partial charge < -0.3 is 9.64 Å². The zero-order valence-electron chi connectivity index (χ0n) is 13.6. The van der Waals surface area contributed by atoms with E-state index in [-0.39, 0.29) is 17.1 Å². The average molecular weight is 381 g/mol. The lowest BCUT2D eigenvalue weighted by atomic mass is 9.61. The molecule has 1 aromatic rings. The Labute approximate surface area is 144 Å². The van der Waals surface area contributed by atoms with Crippen molar-refractivity contribution in [1.29, 1.82) is 0 Å². The number of carbonyl (C=O) groups excluding carboxylic acids is 1. The molecule has 1 aliphatic heterocycles. The van der Waals surface area contributed by atoms with Crippen molar-refractivity contribution in [3.63, 3.8) is 0 Å². The Morgan fingerprint density at radius 2 is 2.00 bits per heavy atom. The molecule has 1 saturated carbocycles. The van der Waals surface area contributed by atoms with E-state index < -0.39 is 5.60 Å². The van der Waals surface area contributed by atoms with Crippen LogP contribution in [0.25, 0.3) is 6.20 Å². The first kappa shape index (κ1) is 16.3. The molecule has 1 aliphatic carbocycles. The largest absolute Gasteiger partial charge is 0.444 e. The van der Waals surface area contributed by atoms with Gasteiger partial charge in [0.25, 0.3) is 5.56 Å². The Morgan fingerprint density at radius 3 is 2.57 bits per heavy atom. The third kappa shape index (κ3) is 3.52. The predicted octanol–water partition coefficient (Wildman–Crippen LogP) is 3.48. The first-order valence-corrected chi connectivity index (χ1v) is 8.50. The summed E-state index contributed by atoms with van der Waals surface area (Å²) in [5.74, 6) is 0. The van der Waals surface area contributed by atoms with E-state index in [0.717, 1.165) is 30.4 Å². The summed E-state index contributed by atoms with van der Waals surface area (Å²) in [6.07, 6.45) is 5.32. The van der Waals surface area contributed by atoms with Gasteiger partial charge >= 0.3 is 6.09 Å². The SMILES string of the molecule is CC(C)(C)OC(=O)N1CC2(CC(=Cn3ccc(Br)cc3=O)C2)C1. The van der Waals surface area contributed by atoms with Crippen molar-refractivity contribution in [3.8, 4) is 0 Å². The lowest BCUT2D eigenvalue weighted by Gasteiger charge is -2.56. The highest BCUT2D eigenvalue weighted by Crippen LogP contribution is 2.51. The van der Waals surface area contributed by atoms with Gasteiger partial charge in [0, 0.05) is 41.4 Å². The number of aromatic nitrogens is 1. The number of allylic oxidation sites excluding steroid dienone is 1. The summed E-state index contributed by atoms with van der Waals surface area (Å²) in [5, 5.41) is 0. The minimum atomic E-state index is -0.451. The number of amides is 1. The van der Waals surface area contributed by atoms with Crippen LogP contribution in [0.3, 0.4) is 0 Å². The number of pyridine rings is 1. The van der Waals surface area contributed by atoms with E-state index in [4.69, 9.17) is 4.74 Å². The molecule has 1 amide bonds. The highest BCUT2D eigenvalue weighted by molar-refractivity contribution is 9.10. The molecule has 0 N–H and O–H groups in total. The summed E-state index contributed by atoms with van der Waals surface area (Å²) in [4.78, 5) is 25.6. The summed E-state index contributed by atoms with van der Waals surface area (Å²) in [7, 11) is 0. The van der Waals surface area contributed by atoms with Gasteiger partial charge in [-0.1, -0.05) is 21.5 Å². The molecule has 1 saturated heterocycles. The van der Waals surface area contributed by atoms with Crippen LogP contribution >= 0.6 is 15.9 Å². The lowest BCUT2D eigenvalue weighted by molar-refractivity contribution is -0.0499. The lowest BCUT2D eigenvalue weighted by Crippen LogP contribution is -2.62. The van der Waals surface area contributed by atoms with E-state index in [9.17, 15) is 9.59 Å². The quantitative estimate of drug-likeness (QED) is 0.749. The maximum Gasteiger partial charge on any atom is 0.410 e. The molecule has 1 spiro atoms. The fourth-order valence-electron chi connectivity index (χ4n) is 3.21. The average Bonchev–Trinajstić information content (AvgIpc) is 2.30. The van der Waals surface area contributed by atoms with Crippen molar-refractivity contribution >= 4 is 28.2 Å². The van der Waals surface area contributed by atoms with E-state index in [0.29, 0.717) is 0 Å².